The van der Waals surface area contributed by atoms with Crippen LogP contribution in [-0.2, 0) is 6.54 Å². The van der Waals surface area contributed by atoms with Crippen LogP contribution in [0.2, 0.25) is 0 Å². The third-order valence-electron chi connectivity index (χ3n) is 2.65. The summed E-state index contributed by atoms with van der Waals surface area (Å²) in [5, 5.41) is 2.92. The van der Waals surface area contributed by atoms with Crippen molar-refractivity contribution >= 4 is 21.6 Å². The van der Waals surface area contributed by atoms with E-state index in [1.165, 1.54) is 6.07 Å². The zero-order valence-electron chi connectivity index (χ0n) is 10.2. The monoisotopic (exact) mass is 327 g/mol. The lowest BCUT2D eigenvalue weighted by Crippen LogP contribution is -2.02. The van der Waals surface area contributed by atoms with Gasteiger partial charge in [0.2, 0.25) is 0 Å². The minimum Gasteiger partial charge on any atom is -0.497 e. The highest BCUT2D eigenvalue weighted by atomic mass is 79.9. The van der Waals surface area contributed by atoms with Gasteiger partial charge < -0.3 is 10.1 Å². The third kappa shape index (κ3) is 3.44. The van der Waals surface area contributed by atoms with E-state index >= 15 is 0 Å². The van der Waals surface area contributed by atoms with Crippen molar-refractivity contribution in [3.8, 4) is 5.75 Å². The van der Waals surface area contributed by atoms with Crippen molar-refractivity contribution in [2.45, 2.75) is 6.54 Å². The third-order valence-corrected chi connectivity index (χ3v) is 3.26. The number of nitrogens with one attached hydrogen (secondary N) is 1. The highest BCUT2D eigenvalue weighted by molar-refractivity contribution is 9.10. The maximum atomic E-state index is 13.5. The van der Waals surface area contributed by atoms with Gasteiger partial charge in [-0.25, -0.2) is 8.78 Å². The van der Waals surface area contributed by atoms with E-state index in [4.69, 9.17) is 4.74 Å². The van der Waals surface area contributed by atoms with Gasteiger partial charge in [0.1, 0.15) is 17.4 Å². The molecule has 2 aromatic rings. The number of rotatable bonds is 4. The lowest BCUT2D eigenvalue weighted by molar-refractivity contribution is 0.414. The van der Waals surface area contributed by atoms with Crippen LogP contribution < -0.4 is 10.1 Å². The molecule has 1 N–H and O–H groups in total. The van der Waals surface area contributed by atoms with Crippen molar-refractivity contribution in [2.24, 2.45) is 0 Å². The lowest BCUT2D eigenvalue weighted by Gasteiger charge is -2.09. The van der Waals surface area contributed by atoms with Gasteiger partial charge in [-0.1, -0.05) is 12.1 Å². The van der Waals surface area contributed by atoms with Crippen molar-refractivity contribution in [1.82, 2.24) is 0 Å². The van der Waals surface area contributed by atoms with E-state index in [1.54, 1.807) is 7.11 Å². The van der Waals surface area contributed by atoms with Gasteiger partial charge in [-0.05, 0) is 39.7 Å². The Morgan fingerprint density at radius 2 is 1.79 bits per heavy atom. The van der Waals surface area contributed by atoms with Gasteiger partial charge in [0.05, 0.1) is 17.3 Å². The normalized spacial score (nSPS) is 10.3. The molecule has 0 radical (unpaired) electrons. The summed E-state index contributed by atoms with van der Waals surface area (Å²) in [4.78, 5) is 0. The lowest BCUT2D eigenvalue weighted by atomic mass is 10.2. The first-order valence-electron chi connectivity index (χ1n) is 5.61. The van der Waals surface area contributed by atoms with E-state index in [2.05, 4.69) is 21.2 Å². The van der Waals surface area contributed by atoms with Gasteiger partial charge in [-0.2, -0.15) is 0 Å². The van der Waals surface area contributed by atoms with Gasteiger partial charge in [-0.15, -0.1) is 0 Å². The van der Waals surface area contributed by atoms with Crippen molar-refractivity contribution in [3.05, 3.63) is 58.1 Å². The van der Waals surface area contributed by atoms with Crippen LogP contribution in [0.1, 0.15) is 5.56 Å². The van der Waals surface area contributed by atoms with Crippen molar-refractivity contribution in [1.29, 1.82) is 0 Å². The maximum Gasteiger partial charge on any atom is 0.149 e. The molecular weight excluding hydrogens is 316 g/mol. The highest BCUT2D eigenvalue weighted by Gasteiger charge is 2.07. The Bertz CT molecular complexity index is 572. The fraction of sp³-hybridized carbons (Fsp3) is 0.143. The second kappa shape index (κ2) is 6.02. The standard InChI is InChI=1S/C14H12BrF2NO/c1-19-10-4-2-9(3-5-10)8-18-14-6-11(15)12(16)7-13(14)17/h2-7,18H,8H2,1H3. The molecule has 0 spiro atoms. The molecular formula is C14H12BrF2NO. The molecule has 0 aliphatic rings. The highest BCUT2D eigenvalue weighted by Crippen LogP contribution is 2.24. The van der Waals surface area contributed by atoms with Crippen LogP contribution in [0, 0.1) is 11.6 Å². The molecule has 0 aromatic heterocycles. The fourth-order valence-corrected chi connectivity index (χ4v) is 1.94. The zero-order chi connectivity index (χ0) is 13.8. The smallest absolute Gasteiger partial charge is 0.149 e. The number of anilines is 1. The second-order valence-corrected chi connectivity index (χ2v) is 4.80. The summed E-state index contributed by atoms with van der Waals surface area (Å²) in [6, 6.07) is 9.64. The molecule has 0 saturated heterocycles. The predicted molar refractivity (Wildman–Crippen MR) is 74.4 cm³/mol. The summed E-state index contributed by atoms with van der Waals surface area (Å²) >= 11 is 3.03. The first kappa shape index (κ1) is 13.8. The van der Waals surface area contributed by atoms with Gasteiger partial charge in [0, 0.05) is 12.6 Å². The van der Waals surface area contributed by atoms with Crippen LogP contribution in [0.4, 0.5) is 14.5 Å². The number of hydrogen-bond donors (Lipinski definition) is 1. The summed E-state index contributed by atoms with van der Waals surface area (Å²) < 4.78 is 31.9. The molecule has 0 aliphatic carbocycles. The summed E-state index contributed by atoms with van der Waals surface area (Å²) in [5.41, 5.74) is 1.23. The Morgan fingerprint density at radius 3 is 2.42 bits per heavy atom. The Labute approximate surface area is 118 Å². The molecule has 0 saturated carbocycles. The molecule has 0 heterocycles. The molecule has 2 aromatic carbocycles. The minimum absolute atomic E-state index is 0.228. The topological polar surface area (TPSA) is 21.3 Å². The van der Waals surface area contributed by atoms with Crippen molar-refractivity contribution in [3.63, 3.8) is 0 Å². The Kier molecular flexibility index (Phi) is 4.37. The maximum absolute atomic E-state index is 13.5. The van der Waals surface area contributed by atoms with Gasteiger partial charge in [0.25, 0.3) is 0 Å². The molecule has 0 fully saturated rings. The molecule has 0 bridgehead atoms. The molecule has 0 unspecified atom stereocenters. The average Bonchev–Trinajstić information content (AvgIpc) is 2.42. The van der Waals surface area contributed by atoms with Gasteiger partial charge >= 0.3 is 0 Å². The van der Waals surface area contributed by atoms with E-state index in [0.29, 0.717) is 6.54 Å². The molecule has 2 nitrogen and oxygen atoms in total. The second-order valence-electron chi connectivity index (χ2n) is 3.95. The summed E-state index contributed by atoms with van der Waals surface area (Å²) in [6.45, 7) is 0.443. The van der Waals surface area contributed by atoms with E-state index in [9.17, 15) is 8.78 Å². The summed E-state index contributed by atoms with van der Waals surface area (Å²) in [7, 11) is 1.60. The SMILES string of the molecule is COc1ccc(CNc2cc(Br)c(F)cc2F)cc1. The van der Waals surface area contributed by atoms with E-state index < -0.39 is 11.6 Å². The van der Waals surface area contributed by atoms with Crippen LogP contribution >= 0.6 is 15.9 Å². The minimum atomic E-state index is -0.618. The molecule has 19 heavy (non-hydrogen) atoms. The molecule has 2 rings (SSSR count). The Morgan fingerprint density at radius 1 is 1.11 bits per heavy atom. The van der Waals surface area contributed by atoms with Crippen LogP contribution in [0.15, 0.2) is 40.9 Å². The van der Waals surface area contributed by atoms with E-state index in [1.807, 2.05) is 24.3 Å². The van der Waals surface area contributed by atoms with Crippen LogP contribution in [0.5, 0.6) is 5.75 Å². The molecule has 0 amide bonds. The fourth-order valence-electron chi connectivity index (χ4n) is 1.60. The van der Waals surface area contributed by atoms with Crippen LogP contribution in [0.25, 0.3) is 0 Å². The summed E-state index contributed by atoms with van der Waals surface area (Å²) in [6.07, 6.45) is 0. The number of benzene rings is 2. The first-order chi connectivity index (χ1) is 9.10. The number of methoxy groups -OCH3 is 1. The molecule has 0 atom stereocenters. The van der Waals surface area contributed by atoms with Gasteiger partial charge in [-0.3, -0.25) is 0 Å². The molecule has 5 heteroatoms. The first-order valence-corrected chi connectivity index (χ1v) is 6.41. The van der Waals surface area contributed by atoms with Crippen LogP contribution in [-0.4, -0.2) is 7.11 Å². The number of hydrogen-bond acceptors (Lipinski definition) is 2. The Hall–Kier alpha value is -1.62. The van der Waals surface area contributed by atoms with Crippen molar-refractivity contribution in [2.75, 3.05) is 12.4 Å². The quantitative estimate of drug-likeness (QED) is 0.843. The predicted octanol–water partition coefficient (Wildman–Crippen LogP) is 4.35. The average molecular weight is 328 g/mol. The van der Waals surface area contributed by atoms with Crippen LogP contribution in [0.3, 0.4) is 0 Å². The molecule has 0 aliphatic heterocycles. The summed E-state index contributed by atoms with van der Waals surface area (Å²) in [5.74, 6) is -0.471. The zero-order valence-corrected chi connectivity index (χ0v) is 11.8. The number of ether oxygens (including phenoxy) is 1. The van der Waals surface area contributed by atoms with Gasteiger partial charge in [0.15, 0.2) is 0 Å². The Balaban J connectivity index is 2.07. The molecule has 100 valence electrons. The van der Waals surface area contributed by atoms with E-state index in [0.717, 1.165) is 17.4 Å². The number of halogens is 3. The van der Waals surface area contributed by atoms with E-state index in [-0.39, 0.29) is 10.2 Å². The van der Waals surface area contributed by atoms with Crippen molar-refractivity contribution < 1.29 is 13.5 Å². The largest absolute Gasteiger partial charge is 0.497 e.